The second kappa shape index (κ2) is 8.26. The van der Waals surface area contributed by atoms with E-state index in [2.05, 4.69) is 5.32 Å². The molecular weight excluding hydrogens is 338 g/mol. The predicted molar refractivity (Wildman–Crippen MR) is 101 cm³/mol. The smallest absolute Gasteiger partial charge is 0.230 e. The zero-order chi connectivity index (χ0) is 18.4. The fraction of sp³-hybridized carbons (Fsp3) is 0.350. The van der Waals surface area contributed by atoms with Crippen LogP contribution in [0.3, 0.4) is 0 Å². The van der Waals surface area contributed by atoms with Gasteiger partial charge in [0.25, 0.3) is 0 Å². The maximum Gasteiger partial charge on any atom is 0.230 e. The molecule has 0 saturated heterocycles. The summed E-state index contributed by atoms with van der Waals surface area (Å²) in [6.07, 6.45) is 0.730. The van der Waals surface area contributed by atoms with E-state index in [0.717, 1.165) is 17.5 Å². The molecule has 4 nitrogen and oxygen atoms in total. The van der Waals surface area contributed by atoms with Crippen LogP contribution in [0.4, 0.5) is 0 Å². The molecule has 134 valence electrons. The first-order valence-corrected chi connectivity index (χ1v) is 8.51. The monoisotopic (exact) mass is 361 g/mol. The second-order valence-electron chi connectivity index (χ2n) is 6.33. The standard InChI is InChI=1S/C20H24ClNO3/c1-20(2,15-8-9-17(24-3)18(13-15)25-4)19(23)22-11-10-14-6-5-7-16(21)12-14/h5-9,12-13H,10-11H2,1-4H3,(H,22,23). The van der Waals surface area contributed by atoms with Gasteiger partial charge in [-0.15, -0.1) is 0 Å². The van der Waals surface area contributed by atoms with Gasteiger partial charge in [0.2, 0.25) is 5.91 Å². The van der Waals surface area contributed by atoms with E-state index in [1.54, 1.807) is 14.2 Å². The molecule has 25 heavy (non-hydrogen) atoms. The van der Waals surface area contributed by atoms with Gasteiger partial charge in [0.05, 0.1) is 19.6 Å². The Balaban J connectivity index is 2.04. The normalized spacial score (nSPS) is 11.1. The average Bonchev–Trinajstić information content (AvgIpc) is 2.61. The highest BCUT2D eigenvalue weighted by Crippen LogP contribution is 2.33. The minimum atomic E-state index is -0.687. The van der Waals surface area contributed by atoms with Crippen LogP contribution in [0.2, 0.25) is 5.02 Å². The van der Waals surface area contributed by atoms with Crippen molar-refractivity contribution in [2.24, 2.45) is 0 Å². The molecule has 5 heteroatoms. The maximum atomic E-state index is 12.7. The summed E-state index contributed by atoms with van der Waals surface area (Å²) in [5, 5.41) is 3.70. The van der Waals surface area contributed by atoms with Crippen LogP contribution in [-0.4, -0.2) is 26.7 Å². The van der Waals surface area contributed by atoms with Crippen LogP contribution in [0.5, 0.6) is 11.5 Å². The Morgan fingerprint density at radius 3 is 2.44 bits per heavy atom. The van der Waals surface area contributed by atoms with E-state index < -0.39 is 5.41 Å². The van der Waals surface area contributed by atoms with Crippen molar-refractivity contribution in [3.05, 3.63) is 58.6 Å². The van der Waals surface area contributed by atoms with Gasteiger partial charge in [-0.25, -0.2) is 0 Å². The van der Waals surface area contributed by atoms with E-state index in [1.165, 1.54) is 0 Å². The zero-order valence-electron chi connectivity index (χ0n) is 15.1. The Hall–Kier alpha value is -2.20. The summed E-state index contributed by atoms with van der Waals surface area (Å²) in [6, 6.07) is 13.2. The maximum absolute atomic E-state index is 12.7. The lowest BCUT2D eigenvalue weighted by atomic mass is 9.83. The number of ether oxygens (including phenoxy) is 2. The molecule has 0 saturated carbocycles. The number of amides is 1. The van der Waals surface area contributed by atoms with Crippen molar-refractivity contribution in [2.75, 3.05) is 20.8 Å². The van der Waals surface area contributed by atoms with Gasteiger partial charge < -0.3 is 14.8 Å². The molecule has 0 aliphatic rings. The molecule has 1 amide bonds. The topological polar surface area (TPSA) is 47.6 Å². The van der Waals surface area contributed by atoms with Gasteiger partial charge in [-0.05, 0) is 55.7 Å². The Bertz CT molecular complexity index is 743. The molecule has 0 aromatic heterocycles. The Morgan fingerprint density at radius 1 is 1.08 bits per heavy atom. The van der Waals surface area contributed by atoms with E-state index in [0.29, 0.717) is 23.1 Å². The average molecular weight is 362 g/mol. The van der Waals surface area contributed by atoms with Crippen molar-refractivity contribution in [3.63, 3.8) is 0 Å². The van der Waals surface area contributed by atoms with Crippen molar-refractivity contribution in [1.82, 2.24) is 5.32 Å². The number of nitrogens with one attached hydrogen (secondary N) is 1. The second-order valence-corrected chi connectivity index (χ2v) is 6.77. The van der Waals surface area contributed by atoms with Crippen LogP contribution in [0.15, 0.2) is 42.5 Å². The largest absolute Gasteiger partial charge is 0.493 e. The fourth-order valence-corrected chi connectivity index (χ4v) is 2.80. The van der Waals surface area contributed by atoms with Crippen molar-refractivity contribution >= 4 is 17.5 Å². The summed E-state index contributed by atoms with van der Waals surface area (Å²) in [5.74, 6) is 1.21. The van der Waals surface area contributed by atoms with Crippen LogP contribution in [-0.2, 0) is 16.6 Å². The molecule has 2 rings (SSSR count). The number of benzene rings is 2. The molecule has 0 bridgehead atoms. The van der Waals surface area contributed by atoms with Gasteiger partial charge in [0.15, 0.2) is 11.5 Å². The van der Waals surface area contributed by atoms with Crippen LogP contribution >= 0.6 is 11.6 Å². The zero-order valence-corrected chi connectivity index (χ0v) is 15.8. The lowest BCUT2D eigenvalue weighted by Gasteiger charge is -2.25. The number of methoxy groups -OCH3 is 2. The number of carbonyl (C=O) groups is 1. The molecule has 1 N–H and O–H groups in total. The molecule has 0 aliphatic heterocycles. The van der Waals surface area contributed by atoms with Crippen molar-refractivity contribution in [3.8, 4) is 11.5 Å². The first-order valence-electron chi connectivity index (χ1n) is 8.13. The predicted octanol–water partition coefficient (Wildman–Crippen LogP) is 3.99. The first kappa shape index (κ1) is 19.1. The van der Waals surface area contributed by atoms with Crippen molar-refractivity contribution in [1.29, 1.82) is 0 Å². The van der Waals surface area contributed by atoms with E-state index in [1.807, 2.05) is 56.3 Å². The third-order valence-electron chi connectivity index (χ3n) is 4.26. The molecule has 0 heterocycles. The number of rotatable bonds is 7. The van der Waals surface area contributed by atoms with Gasteiger partial charge in [-0.1, -0.05) is 29.8 Å². The molecule has 2 aromatic rings. The van der Waals surface area contributed by atoms with Crippen LogP contribution < -0.4 is 14.8 Å². The van der Waals surface area contributed by atoms with Crippen molar-refractivity contribution in [2.45, 2.75) is 25.7 Å². The minimum absolute atomic E-state index is 0.0400. The molecule has 2 aromatic carbocycles. The summed E-state index contributed by atoms with van der Waals surface area (Å²) >= 11 is 5.98. The summed E-state index contributed by atoms with van der Waals surface area (Å²) in [5.41, 5.74) is 1.27. The van der Waals surface area contributed by atoms with Crippen LogP contribution in [0, 0.1) is 0 Å². The van der Waals surface area contributed by atoms with Gasteiger partial charge in [0.1, 0.15) is 0 Å². The number of halogens is 1. The molecule has 0 aliphatic carbocycles. The lowest BCUT2D eigenvalue weighted by molar-refractivity contribution is -0.125. The molecular formula is C20H24ClNO3. The van der Waals surface area contributed by atoms with E-state index >= 15 is 0 Å². The van der Waals surface area contributed by atoms with Crippen LogP contribution in [0.1, 0.15) is 25.0 Å². The van der Waals surface area contributed by atoms with Gasteiger partial charge >= 0.3 is 0 Å². The van der Waals surface area contributed by atoms with Crippen LogP contribution in [0.25, 0.3) is 0 Å². The third-order valence-corrected chi connectivity index (χ3v) is 4.50. The molecule has 0 fully saturated rings. The van der Waals surface area contributed by atoms with E-state index in [9.17, 15) is 4.79 Å². The Kier molecular flexibility index (Phi) is 6.32. The molecule has 0 atom stereocenters. The molecule has 0 spiro atoms. The van der Waals surface area contributed by atoms with Gasteiger partial charge in [0, 0.05) is 11.6 Å². The van der Waals surface area contributed by atoms with E-state index in [4.69, 9.17) is 21.1 Å². The number of carbonyl (C=O) groups excluding carboxylic acids is 1. The summed E-state index contributed by atoms with van der Waals surface area (Å²) in [6.45, 7) is 4.34. The fourth-order valence-electron chi connectivity index (χ4n) is 2.59. The first-order chi connectivity index (χ1) is 11.9. The third kappa shape index (κ3) is 4.67. The Morgan fingerprint density at radius 2 is 1.80 bits per heavy atom. The van der Waals surface area contributed by atoms with E-state index in [-0.39, 0.29) is 5.91 Å². The summed E-state index contributed by atoms with van der Waals surface area (Å²) < 4.78 is 10.6. The number of hydrogen-bond donors (Lipinski definition) is 1. The lowest BCUT2D eigenvalue weighted by Crippen LogP contribution is -2.40. The number of hydrogen-bond acceptors (Lipinski definition) is 3. The highest BCUT2D eigenvalue weighted by molar-refractivity contribution is 6.30. The summed E-state index contributed by atoms with van der Waals surface area (Å²) in [4.78, 5) is 12.7. The summed E-state index contributed by atoms with van der Waals surface area (Å²) in [7, 11) is 3.17. The highest BCUT2D eigenvalue weighted by Gasteiger charge is 2.30. The minimum Gasteiger partial charge on any atom is -0.493 e. The SMILES string of the molecule is COc1ccc(C(C)(C)C(=O)NCCc2cccc(Cl)c2)cc1OC. The highest BCUT2D eigenvalue weighted by atomic mass is 35.5. The van der Waals surface area contributed by atoms with Gasteiger partial charge in [-0.2, -0.15) is 0 Å². The Labute approximate surface area is 154 Å². The quantitative estimate of drug-likeness (QED) is 0.811. The molecule has 0 unspecified atom stereocenters. The molecule has 0 radical (unpaired) electrons. The van der Waals surface area contributed by atoms with Crippen molar-refractivity contribution < 1.29 is 14.3 Å². The van der Waals surface area contributed by atoms with Gasteiger partial charge in [-0.3, -0.25) is 4.79 Å².